The number of pyridine rings is 2. The monoisotopic (exact) mass is 489 g/mol. The Morgan fingerprint density at radius 3 is 2.81 bits per heavy atom. The second-order valence-electron chi connectivity index (χ2n) is 9.89. The molecular formula is C28H28FN3O4. The van der Waals surface area contributed by atoms with Crippen molar-refractivity contribution in [2.75, 3.05) is 13.6 Å². The van der Waals surface area contributed by atoms with Crippen molar-refractivity contribution in [3.8, 4) is 11.4 Å². The normalized spacial score (nSPS) is 20.9. The van der Waals surface area contributed by atoms with Crippen LogP contribution in [0.25, 0.3) is 27.9 Å². The van der Waals surface area contributed by atoms with Gasteiger partial charge in [0.15, 0.2) is 5.60 Å². The lowest BCUT2D eigenvalue weighted by Gasteiger charge is -2.31. The molecule has 8 heteroatoms. The van der Waals surface area contributed by atoms with Gasteiger partial charge in [0.25, 0.3) is 5.56 Å². The molecule has 0 amide bonds. The van der Waals surface area contributed by atoms with Gasteiger partial charge < -0.3 is 19.7 Å². The SMILES string of the molecule is CC[C@@]1(O)C(=O)OCc2c1cc1n(c2=O)Cc2c-1nc1cc(F)c(C)c3c1c2/C(=C/CCNC)CC3. The number of allylic oxidation sites excluding steroid dienone is 1. The van der Waals surface area contributed by atoms with Gasteiger partial charge in [-0.25, -0.2) is 14.2 Å². The molecule has 1 atom stereocenters. The third kappa shape index (κ3) is 3.01. The third-order valence-corrected chi connectivity index (χ3v) is 8.05. The quantitative estimate of drug-likeness (QED) is 0.337. The van der Waals surface area contributed by atoms with E-state index in [1.807, 2.05) is 14.0 Å². The van der Waals surface area contributed by atoms with Crippen LogP contribution in [0.2, 0.25) is 0 Å². The predicted molar refractivity (Wildman–Crippen MR) is 134 cm³/mol. The maximum absolute atomic E-state index is 14.9. The average molecular weight is 490 g/mol. The lowest BCUT2D eigenvalue weighted by Crippen LogP contribution is -2.44. The summed E-state index contributed by atoms with van der Waals surface area (Å²) in [5, 5.41) is 15.3. The lowest BCUT2D eigenvalue weighted by molar-refractivity contribution is -0.172. The van der Waals surface area contributed by atoms with E-state index in [4.69, 9.17) is 9.72 Å². The van der Waals surface area contributed by atoms with E-state index in [1.54, 1.807) is 17.6 Å². The summed E-state index contributed by atoms with van der Waals surface area (Å²) in [7, 11) is 1.92. The average Bonchev–Trinajstić information content (AvgIpc) is 3.24. The first-order chi connectivity index (χ1) is 17.3. The van der Waals surface area contributed by atoms with E-state index in [0.717, 1.165) is 47.9 Å². The smallest absolute Gasteiger partial charge is 0.343 e. The Bertz CT molecular complexity index is 1570. The van der Waals surface area contributed by atoms with Crippen LogP contribution in [0.4, 0.5) is 4.39 Å². The Balaban J connectivity index is 1.67. The molecule has 2 aromatic heterocycles. The number of rotatable bonds is 4. The fourth-order valence-electron chi connectivity index (χ4n) is 6.03. The maximum Gasteiger partial charge on any atom is 0.343 e. The number of hydrogen-bond donors (Lipinski definition) is 2. The second kappa shape index (κ2) is 8.08. The van der Waals surface area contributed by atoms with Crippen LogP contribution in [-0.2, 0) is 34.7 Å². The Labute approximate surface area is 207 Å². The summed E-state index contributed by atoms with van der Waals surface area (Å²) in [4.78, 5) is 31.0. The number of carbonyl (C=O) groups is 1. The highest BCUT2D eigenvalue weighted by Crippen LogP contribution is 2.46. The Kier molecular flexibility index (Phi) is 5.18. The van der Waals surface area contributed by atoms with E-state index in [1.165, 1.54) is 11.6 Å². The van der Waals surface area contributed by atoms with E-state index in [-0.39, 0.29) is 30.0 Å². The van der Waals surface area contributed by atoms with Gasteiger partial charge in [-0.2, -0.15) is 0 Å². The summed E-state index contributed by atoms with van der Waals surface area (Å²) in [6.07, 6.45) is 4.68. The fourth-order valence-corrected chi connectivity index (χ4v) is 6.03. The van der Waals surface area contributed by atoms with Crippen molar-refractivity contribution in [3.63, 3.8) is 0 Å². The number of aliphatic hydroxyl groups is 1. The van der Waals surface area contributed by atoms with E-state index in [0.29, 0.717) is 34.6 Å². The van der Waals surface area contributed by atoms with E-state index in [9.17, 15) is 19.1 Å². The van der Waals surface area contributed by atoms with Crippen LogP contribution in [0.1, 0.15) is 59.6 Å². The van der Waals surface area contributed by atoms with Crippen molar-refractivity contribution >= 4 is 22.4 Å². The molecule has 0 saturated heterocycles. The number of aromatic nitrogens is 2. The number of fused-ring (bicyclic) bond motifs is 5. The zero-order valence-electron chi connectivity index (χ0n) is 20.6. The Hall–Kier alpha value is -3.36. The molecular weight excluding hydrogens is 461 g/mol. The predicted octanol–water partition coefficient (Wildman–Crippen LogP) is 3.47. The molecule has 1 aliphatic carbocycles. The molecule has 2 aliphatic heterocycles. The summed E-state index contributed by atoms with van der Waals surface area (Å²) in [5.41, 5.74) is 4.86. The number of nitrogens with zero attached hydrogens (tertiary/aromatic N) is 2. The molecule has 0 radical (unpaired) electrons. The number of cyclic esters (lactones) is 1. The van der Waals surface area contributed by atoms with E-state index in [2.05, 4.69) is 11.4 Å². The summed E-state index contributed by atoms with van der Waals surface area (Å²) in [5.74, 6) is -1.04. The molecule has 0 bridgehead atoms. The number of aryl methyl sites for hydroxylation is 1. The Morgan fingerprint density at radius 2 is 2.06 bits per heavy atom. The Morgan fingerprint density at radius 1 is 1.25 bits per heavy atom. The van der Waals surface area contributed by atoms with Crippen LogP contribution in [0.5, 0.6) is 0 Å². The van der Waals surface area contributed by atoms with E-state index >= 15 is 0 Å². The topological polar surface area (TPSA) is 93.5 Å². The summed E-state index contributed by atoms with van der Waals surface area (Å²) in [6, 6.07) is 3.18. The zero-order chi connectivity index (χ0) is 25.4. The van der Waals surface area contributed by atoms with Crippen LogP contribution in [-0.4, -0.2) is 34.2 Å². The molecule has 0 spiro atoms. The van der Waals surface area contributed by atoms with Crippen LogP contribution >= 0.6 is 0 Å². The van der Waals surface area contributed by atoms with Crippen molar-refractivity contribution in [2.45, 2.75) is 58.3 Å². The first-order valence-corrected chi connectivity index (χ1v) is 12.5. The van der Waals surface area contributed by atoms with Crippen LogP contribution in [0.15, 0.2) is 23.0 Å². The van der Waals surface area contributed by atoms with Gasteiger partial charge in [-0.15, -0.1) is 0 Å². The number of carbonyl (C=O) groups excluding carboxylic acids is 1. The molecule has 1 aromatic carbocycles. The zero-order valence-corrected chi connectivity index (χ0v) is 20.6. The molecule has 0 fully saturated rings. The van der Waals surface area contributed by atoms with Crippen molar-refractivity contribution < 1.29 is 19.0 Å². The summed E-state index contributed by atoms with van der Waals surface area (Å²) >= 11 is 0. The highest BCUT2D eigenvalue weighted by Gasteiger charge is 2.45. The van der Waals surface area contributed by atoms with Gasteiger partial charge >= 0.3 is 5.97 Å². The molecule has 2 N–H and O–H groups in total. The third-order valence-electron chi connectivity index (χ3n) is 8.05. The minimum absolute atomic E-state index is 0.0805. The molecule has 4 heterocycles. The summed E-state index contributed by atoms with van der Waals surface area (Å²) in [6.45, 7) is 4.49. The number of ether oxygens (including phenoxy) is 1. The number of nitrogens with one attached hydrogen (secondary N) is 1. The van der Waals surface area contributed by atoms with Crippen molar-refractivity contribution in [2.24, 2.45) is 0 Å². The first kappa shape index (κ1) is 23.1. The molecule has 0 unspecified atom stereocenters. The molecule has 3 aliphatic rings. The van der Waals surface area contributed by atoms with Gasteiger partial charge in [0.2, 0.25) is 0 Å². The standard InChI is InChI=1S/C28H28FN3O4/c1-4-28(35)19-10-22-25-17(12-32(22)26(33)18(19)13-36-27(28)34)23-15(6-5-9-30-3)7-8-16-14(2)20(29)11-21(31-25)24(16)23/h6,10-11,30,35H,4-5,7-9,12-13H2,1-3H3/b15-6+/t28-/m0/s1. The summed E-state index contributed by atoms with van der Waals surface area (Å²) < 4.78 is 21.8. The van der Waals surface area contributed by atoms with Crippen molar-refractivity contribution in [1.29, 1.82) is 0 Å². The molecule has 6 rings (SSSR count). The number of halogens is 1. The van der Waals surface area contributed by atoms with E-state index < -0.39 is 11.6 Å². The molecule has 3 aromatic rings. The maximum atomic E-state index is 14.9. The van der Waals surface area contributed by atoms with Crippen LogP contribution in [0, 0.1) is 12.7 Å². The van der Waals surface area contributed by atoms with Crippen LogP contribution < -0.4 is 10.9 Å². The van der Waals surface area contributed by atoms with Crippen molar-refractivity contribution in [3.05, 3.63) is 67.8 Å². The van der Waals surface area contributed by atoms with Gasteiger partial charge in [-0.3, -0.25) is 4.79 Å². The van der Waals surface area contributed by atoms with Crippen LogP contribution in [0.3, 0.4) is 0 Å². The van der Waals surface area contributed by atoms with Crippen molar-refractivity contribution in [1.82, 2.24) is 14.9 Å². The highest BCUT2D eigenvalue weighted by molar-refractivity contribution is 6.01. The number of esters is 1. The molecule has 0 saturated carbocycles. The highest BCUT2D eigenvalue weighted by atomic mass is 19.1. The number of benzene rings is 1. The van der Waals surface area contributed by atoms with Gasteiger partial charge in [0.1, 0.15) is 12.4 Å². The molecule has 36 heavy (non-hydrogen) atoms. The minimum atomic E-state index is -1.88. The number of hydrogen-bond acceptors (Lipinski definition) is 6. The van der Waals surface area contributed by atoms with Gasteiger partial charge in [-0.1, -0.05) is 13.0 Å². The lowest BCUT2D eigenvalue weighted by atomic mass is 9.81. The fraction of sp³-hybridized carbons (Fsp3) is 0.393. The van der Waals surface area contributed by atoms with Gasteiger partial charge in [-0.05, 0) is 74.5 Å². The largest absolute Gasteiger partial charge is 0.458 e. The molecule has 7 nitrogen and oxygen atoms in total. The van der Waals surface area contributed by atoms with Gasteiger partial charge in [0, 0.05) is 22.6 Å². The first-order valence-electron chi connectivity index (χ1n) is 12.5. The minimum Gasteiger partial charge on any atom is -0.458 e. The van der Waals surface area contributed by atoms with Gasteiger partial charge in [0.05, 0.1) is 29.0 Å². The molecule has 186 valence electrons. The second-order valence-corrected chi connectivity index (χ2v) is 9.89.